The zero-order valence-electron chi connectivity index (χ0n) is 7.25. The van der Waals surface area contributed by atoms with E-state index in [1.165, 1.54) is 6.20 Å². The Morgan fingerprint density at radius 1 is 1.58 bits per heavy atom. The molecule has 0 radical (unpaired) electrons. The number of hydrogen-bond donors (Lipinski definition) is 2. The molecule has 4 nitrogen and oxygen atoms in total. The molecule has 0 rings (SSSR count). The Labute approximate surface area is 72.2 Å². The molecule has 0 aliphatic carbocycles. The molecular weight excluding hydrogens is 158 g/mol. The maximum absolute atomic E-state index is 9.99. The van der Waals surface area contributed by atoms with Gasteiger partial charge >= 0.3 is 5.97 Å². The van der Waals surface area contributed by atoms with Crippen LogP contribution in [0, 0.1) is 0 Å². The second-order valence-corrected chi connectivity index (χ2v) is 2.33. The number of carboxylic acids is 1. The van der Waals surface area contributed by atoms with Gasteiger partial charge in [0.2, 0.25) is 0 Å². The van der Waals surface area contributed by atoms with Crippen molar-refractivity contribution in [3.05, 3.63) is 12.3 Å². The lowest BCUT2D eigenvalue weighted by molar-refractivity contribution is -0.131. The van der Waals surface area contributed by atoms with Gasteiger partial charge in [-0.25, -0.2) is 4.79 Å². The zero-order valence-corrected chi connectivity index (χ0v) is 7.25. The van der Waals surface area contributed by atoms with E-state index in [2.05, 4.69) is 5.32 Å². The summed E-state index contributed by atoms with van der Waals surface area (Å²) in [7, 11) is 1.66. The molecule has 0 heterocycles. The van der Waals surface area contributed by atoms with Crippen LogP contribution in [0.5, 0.6) is 0 Å². The van der Waals surface area contributed by atoms with Gasteiger partial charge < -0.3 is 15.2 Å². The van der Waals surface area contributed by atoms with E-state index in [0.717, 1.165) is 32.1 Å². The summed E-state index contributed by atoms with van der Waals surface area (Å²) >= 11 is 0. The van der Waals surface area contributed by atoms with E-state index in [1.54, 1.807) is 7.11 Å². The Morgan fingerprint density at radius 2 is 2.33 bits per heavy atom. The summed E-state index contributed by atoms with van der Waals surface area (Å²) in [5, 5.41) is 11.1. The molecule has 2 N–H and O–H groups in total. The minimum atomic E-state index is -0.931. The lowest BCUT2D eigenvalue weighted by Crippen LogP contribution is -2.08. The molecule has 0 unspecified atom stereocenters. The Bertz CT molecular complexity index is 145. The summed E-state index contributed by atoms with van der Waals surface area (Å²) in [5.41, 5.74) is 0. The topological polar surface area (TPSA) is 58.6 Å². The first-order chi connectivity index (χ1) is 5.77. The van der Waals surface area contributed by atoms with E-state index in [9.17, 15) is 4.79 Å². The van der Waals surface area contributed by atoms with Crippen molar-refractivity contribution in [2.75, 3.05) is 20.3 Å². The molecule has 0 spiro atoms. The van der Waals surface area contributed by atoms with Crippen LogP contribution in [-0.2, 0) is 9.53 Å². The Morgan fingerprint density at radius 3 is 2.92 bits per heavy atom. The molecule has 70 valence electrons. The van der Waals surface area contributed by atoms with Crippen molar-refractivity contribution in [3.8, 4) is 0 Å². The van der Waals surface area contributed by atoms with Crippen molar-refractivity contribution < 1.29 is 14.6 Å². The van der Waals surface area contributed by atoms with Gasteiger partial charge in [0.25, 0.3) is 0 Å². The first-order valence-electron chi connectivity index (χ1n) is 3.89. The third-order valence-electron chi connectivity index (χ3n) is 1.26. The highest BCUT2D eigenvalue weighted by atomic mass is 16.5. The molecule has 0 atom stereocenters. The molecule has 0 aliphatic rings. The highest BCUT2D eigenvalue weighted by Gasteiger charge is 1.86. The van der Waals surface area contributed by atoms with Crippen LogP contribution in [0.4, 0.5) is 0 Å². The van der Waals surface area contributed by atoms with E-state index >= 15 is 0 Å². The van der Waals surface area contributed by atoms with Crippen molar-refractivity contribution in [1.82, 2.24) is 5.32 Å². The molecule has 0 aromatic heterocycles. The maximum Gasteiger partial charge on any atom is 0.329 e. The highest BCUT2D eigenvalue weighted by molar-refractivity contribution is 5.79. The van der Waals surface area contributed by atoms with Gasteiger partial charge in [-0.2, -0.15) is 0 Å². The molecule has 4 heteroatoms. The number of methoxy groups -OCH3 is 1. The van der Waals surface area contributed by atoms with Crippen LogP contribution in [0.3, 0.4) is 0 Å². The summed E-state index contributed by atoms with van der Waals surface area (Å²) in [5.74, 6) is -0.931. The molecule has 0 saturated heterocycles. The third kappa shape index (κ3) is 8.97. The van der Waals surface area contributed by atoms with Crippen LogP contribution in [0.15, 0.2) is 12.3 Å². The van der Waals surface area contributed by atoms with Crippen molar-refractivity contribution in [3.63, 3.8) is 0 Å². The summed E-state index contributed by atoms with van der Waals surface area (Å²) < 4.78 is 4.85. The van der Waals surface area contributed by atoms with Gasteiger partial charge in [-0.15, -0.1) is 0 Å². The standard InChI is InChI=1S/C8H15NO3/c1-12-7-3-2-5-9-6-4-8(10)11/h4,6,9H,2-3,5,7H2,1H3,(H,10,11)/b6-4+. The first-order valence-corrected chi connectivity index (χ1v) is 3.89. The second kappa shape index (κ2) is 8.07. The number of carboxylic acid groups (broad SMARTS) is 1. The SMILES string of the molecule is COCCCCN/C=C/C(=O)O. The average molecular weight is 173 g/mol. The summed E-state index contributed by atoms with van der Waals surface area (Å²) in [6, 6.07) is 0. The number of aliphatic carboxylic acids is 1. The Hall–Kier alpha value is -1.03. The van der Waals surface area contributed by atoms with E-state index in [1.807, 2.05) is 0 Å². The number of hydrogen-bond acceptors (Lipinski definition) is 3. The van der Waals surface area contributed by atoms with E-state index in [-0.39, 0.29) is 0 Å². The van der Waals surface area contributed by atoms with E-state index in [0.29, 0.717) is 0 Å². The predicted molar refractivity (Wildman–Crippen MR) is 45.9 cm³/mol. The van der Waals surface area contributed by atoms with E-state index in [4.69, 9.17) is 9.84 Å². The Balaban J connectivity index is 3.05. The summed E-state index contributed by atoms with van der Waals surface area (Å²) in [4.78, 5) is 9.99. The smallest absolute Gasteiger partial charge is 0.329 e. The molecule has 0 aliphatic heterocycles. The maximum atomic E-state index is 9.99. The average Bonchev–Trinajstić information content (AvgIpc) is 2.02. The van der Waals surface area contributed by atoms with Gasteiger partial charge in [0, 0.05) is 32.5 Å². The van der Waals surface area contributed by atoms with Crippen LogP contribution < -0.4 is 5.32 Å². The molecule has 0 amide bonds. The van der Waals surface area contributed by atoms with Crippen LogP contribution in [-0.4, -0.2) is 31.3 Å². The van der Waals surface area contributed by atoms with Gasteiger partial charge in [-0.3, -0.25) is 0 Å². The zero-order chi connectivity index (χ0) is 9.23. The highest BCUT2D eigenvalue weighted by Crippen LogP contribution is 1.86. The van der Waals surface area contributed by atoms with Crippen LogP contribution in [0.25, 0.3) is 0 Å². The fourth-order valence-corrected chi connectivity index (χ4v) is 0.687. The van der Waals surface area contributed by atoms with Gasteiger partial charge in [0.1, 0.15) is 0 Å². The van der Waals surface area contributed by atoms with Crippen LogP contribution >= 0.6 is 0 Å². The molecular formula is C8H15NO3. The first kappa shape index (κ1) is 11.0. The minimum absolute atomic E-state index is 0.754. The number of nitrogens with one attached hydrogen (secondary N) is 1. The Kier molecular flexibility index (Phi) is 7.38. The summed E-state index contributed by atoms with van der Waals surface area (Å²) in [6.45, 7) is 1.54. The number of rotatable bonds is 7. The number of unbranched alkanes of at least 4 members (excludes halogenated alkanes) is 1. The monoisotopic (exact) mass is 173 g/mol. The molecule has 0 saturated carbocycles. The predicted octanol–water partition coefficient (Wildman–Crippen LogP) is 0.601. The fraction of sp³-hybridized carbons (Fsp3) is 0.625. The lowest BCUT2D eigenvalue weighted by atomic mass is 10.3. The third-order valence-corrected chi connectivity index (χ3v) is 1.26. The second-order valence-electron chi connectivity index (χ2n) is 2.33. The lowest BCUT2D eigenvalue weighted by Gasteiger charge is -1.99. The van der Waals surface area contributed by atoms with E-state index < -0.39 is 5.97 Å². The number of carbonyl (C=O) groups is 1. The van der Waals surface area contributed by atoms with Gasteiger partial charge in [-0.1, -0.05) is 0 Å². The van der Waals surface area contributed by atoms with Crippen molar-refractivity contribution >= 4 is 5.97 Å². The van der Waals surface area contributed by atoms with Crippen molar-refractivity contribution in [1.29, 1.82) is 0 Å². The largest absolute Gasteiger partial charge is 0.478 e. The van der Waals surface area contributed by atoms with Crippen molar-refractivity contribution in [2.45, 2.75) is 12.8 Å². The van der Waals surface area contributed by atoms with Crippen LogP contribution in [0.1, 0.15) is 12.8 Å². The van der Waals surface area contributed by atoms with Crippen LogP contribution in [0.2, 0.25) is 0 Å². The quantitative estimate of drug-likeness (QED) is 0.437. The molecule has 0 aromatic rings. The normalized spacial score (nSPS) is 10.4. The molecule has 0 bridgehead atoms. The number of ether oxygens (including phenoxy) is 1. The van der Waals surface area contributed by atoms with Gasteiger partial charge in [0.15, 0.2) is 0 Å². The van der Waals surface area contributed by atoms with Gasteiger partial charge in [-0.05, 0) is 12.8 Å². The molecule has 12 heavy (non-hydrogen) atoms. The molecule has 0 aromatic carbocycles. The molecule has 0 fully saturated rings. The van der Waals surface area contributed by atoms with Crippen molar-refractivity contribution in [2.24, 2.45) is 0 Å². The van der Waals surface area contributed by atoms with Gasteiger partial charge in [0.05, 0.1) is 0 Å². The minimum Gasteiger partial charge on any atom is -0.478 e. The fourth-order valence-electron chi connectivity index (χ4n) is 0.687. The summed E-state index contributed by atoms with van der Waals surface area (Å²) in [6.07, 6.45) is 4.49.